The van der Waals surface area contributed by atoms with Crippen molar-refractivity contribution < 1.29 is 8.42 Å². The zero-order valence-electron chi connectivity index (χ0n) is 14.6. The Morgan fingerprint density at radius 1 is 1.08 bits per heavy atom. The third-order valence-corrected chi connectivity index (χ3v) is 6.55. The first-order valence-corrected chi connectivity index (χ1v) is 10.3. The van der Waals surface area contributed by atoms with E-state index in [2.05, 4.69) is 27.9 Å². The van der Waals surface area contributed by atoms with Gasteiger partial charge in [-0.2, -0.15) is 0 Å². The van der Waals surface area contributed by atoms with Crippen LogP contribution in [0.3, 0.4) is 0 Å². The molecule has 4 rings (SSSR count). The van der Waals surface area contributed by atoms with E-state index >= 15 is 0 Å². The average Bonchev–Trinajstić information content (AvgIpc) is 3.06. The van der Waals surface area contributed by atoms with E-state index in [0.717, 1.165) is 34.9 Å². The van der Waals surface area contributed by atoms with Gasteiger partial charge in [0.1, 0.15) is 0 Å². The zero-order valence-corrected chi connectivity index (χ0v) is 15.5. The van der Waals surface area contributed by atoms with Gasteiger partial charge in [-0.25, -0.2) is 13.1 Å². The SMILES string of the molecule is Cc1ccc(S(=O)(=O)N[C@H]2CCC=C[C@@H]2c2c[nH]c3ccccc23)cc1. The predicted octanol–water partition coefficient (Wildman–Crippen LogP) is 4.26. The lowest BCUT2D eigenvalue weighted by Crippen LogP contribution is -2.39. The summed E-state index contributed by atoms with van der Waals surface area (Å²) < 4.78 is 28.6. The van der Waals surface area contributed by atoms with Crippen LogP contribution in [-0.2, 0) is 10.0 Å². The van der Waals surface area contributed by atoms with Crippen LogP contribution >= 0.6 is 0 Å². The summed E-state index contributed by atoms with van der Waals surface area (Å²) in [6.45, 7) is 1.95. The molecule has 4 nitrogen and oxygen atoms in total. The summed E-state index contributed by atoms with van der Waals surface area (Å²) >= 11 is 0. The maximum absolute atomic E-state index is 12.8. The summed E-state index contributed by atoms with van der Waals surface area (Å²) in [6.07, 6.45) is 7.93. The maximum Gasteiger partial charge on any atom is 0.240 e. The van der Waals surface area contributed by atoms with Gasteiger partial charge in [0.05, 0.1) is 4.90 Å². The minimum absolute atomic E-state index is 0.0140. The molecule has 0 amide bonds. The Hall–Kier alpha value is -2.37. The van der Waals surface area contributed by atoms with Crippen molar-refractivity contribution in [1.29, 1.82) is 0 Å². The molecular weight excluding hydrogens is 344 g/mol. The number of aryl methyl sites for hydroxylation is 1. The number of rotatable bonds is 4. The van der Waals surface area contributed by atoms with Crippen molar-refractivity contribution in [1.82, 2.24) is 9.71 Å². The number of aromatic nitrogens is 1. The number of nitrogens with one attached hydrogen (secondary N) is 2. The highest BCUT2D eigenvalue weighted by molar-refractivity contribution is 7.89. The highest BCUT2D eigenvalue weighted by atomic mass is 32.2. The van der Waals surface area contributed by atoms with Crippen molar-refractivity contribution in [3.05, 3.63) is 78.0 Å². The quantitative estimate of drug-likeness (QED) is 0.678. The Morgan fingerprint density at radius 2 is 1.85 bits per heavy atom. The van der Waals surface area contributed by atoms with Crippen molar-refractivity contribution in [2.75, 3.05) is 0 Å². The summed E-state index contributed by atoms with van der Waals surface area (Å²) in [4.78, 5) is 3.61. The minimum atomic E-state index is -3.55. The monoisotopic (exact) mass is 366 g/mol. The normalized spacial score (nSPS) is 20.5. The molecular formula is C21H22N2O2S. The average molecular weight is 366 g/mol. The molecule has 0 fully saturated rings. The highest BCUT2D eigenvalue weighted by Crippen LogP contribution is 2.34. The van der Waals surface area contributed by atoms with E-state index in [0.29, 0.717) is 4.90 Å². The van der Waals surface area contributed by atoms with Crippen molar-refractivity contribution >= 4 is 20.9 Å². The molecule has 134 valence electrons. The highest BCUT2D eigenvalue weighted by Gasteiger charge is 2.29. The van der Waals surface area contributed by atoms with Crippen LogP contribution in [0, 0.1) is 6.92 Å². The number of H-pyrrole nitrogens is 1. The molecule has 1 aliphatic rings. The lowest BCUT2D eigenvalue weighted by molar-refractivity contribution is 0.487. The van der Waals surface area contributed by atoms with Crippen LogP contribution in [0.25, 0.3) is 10.9 Å². The Kier molecular flexibility index (Phi) is 4.42. The van der Waals surface area contributed by atoms with Gasteiger partial charge in [-0.3, -0.25) is 0 Å². The second-order valence-electron chi connectivity index (χ2n) is 6.86. The molecule has 1 aromatic heterocycles. The van der Waals surface area contributed by atoms with Gasteiger partial charge in [0.25, 0.3) is 0 Å². The molecule has 2 aromatic carbocycles. The fraction of sp³-hybridized carbons (Fsp3) is 0.238. The molecule has 26 heavy (non-hydrogen) atoms. The molecule has 0 unspecified atom stereocenters. The first kappa shape index (κ1) is 17.1. The Bertz CT molecular complexity index is 1050. The molecule has 0 spiro atoms. The molecule has 1 aliphatic carbocycles. The molecule has 2 atom stereocenters. The minimum Gasteiger partial charge on any atom is -0.361 e. The van der Waals surface area contributed by atoms with Gasteiger partial charge < -0.3 is 4.98 Å². The maximum atomic E-state index is 12.8. The summed E-state index contributed by atoms with van der Waals surface area (Å²) in [6, 6.07) is 14.9. The third kappa shape index (κ3) is 3.20. The summed E-state index contributed by atoms with van der Waals surface area (Å²) in [5.74, 6) is 0.0140. The summed E-state index contributed by atoms with van der Waals surface area (Å²) in [5.41, 5.74) is 3.25. The zero-order chi connectivity index (χ0) is 18.1. The van der Waals surface area contributed by atoms with E-state index in [1.54, 1.807) is 12.1 Å². The molecule has 0 bridgehead atoms. The van der Waals surface area contributed by atoms with E-state index in [4.69, 9.17) is 0 Å². The number of sulfonamides is 1. The van der Waals surface area contributed by atoms with Gasteiger partial charge >= 0.3 is 0 Å². The van der Waals surface area contributed by atoms with E-state index in [1.165, 1.54) is 0 Å². The van der Waals surface area contributed by atoms with E-state index in [1.807, 2.05) is 43.5 Å². The Balaban J connectivity index is 1.66. The molecule has 2 N–H and O–H groups in total. The van der Waals surface area contributed by atoms with Crippen LogP contribution in [0.1, 0.15) is 29.9 Å². The number of hydrogen-bond donors (Lipinski definition) is 2. The van der Waals surface area contributed by atoms with E-state index in [9.17, 15) is 8.42 Å². The third-order valence-electron chi connectivity index (χ3n) is 5.04. The Labute approximate surface area is 154 Å². The first-order valence-electron chi connectivity index (χ1n) is 8.86. The van der Waals surface area contributed by atoms with Crippen LogP contribution in [0.4, 0.5) is 0 Å². The largest absolute Gasteiger partial charge is 0.361 e. The van der Waals surface area contributed by atoms with Crippen LogP contribution in [0.5, 0.6) is 0 Å². The number of benzene rings is 2. The van der Waals surface area contributed by atoms with Gasteiger partial charge in [0.15, 0.2) is 0 Å². The summed E-state index contributed by atoms with van der Waals surface area (Å²) in [7, 11) is -3.55. The van der Waals surface area contributed by atoms with Crippen molar-refractivity contribution in [3.8, 4) is 0 Å². The molecule has 3 aromatic rings. The van der Waals surface area contributed by atoms with Crippen LogP contribution < -0.4 is 4.72 Å². The van der Waals surface area contributed by atoms with Crippen molar-refractivity contribution in [3.63, 3.8) is 0 Å². The molecule has 1 heterocycles. The number of aromatic amines is 1. The molecule has 5 heteroatoms. The van der Waals surface area contributed by atoms with Gasteiger partial charge in [-0.1, -0.05) is 48.0 Å². The van der Waals surface area contributed by atoms with Gasteiger partial charge in [0.2, 0.25) is 10.0 Å². The van der Waals surface area contributed by atoms with E-state index in [-0.39, 0.29) is 12.0 Å². The van der Waals surface area contributed by atoms with Gasteiger partial charge in [0, 0.05) is 29.1 Å². The predicted molar refractivity (Wildman–Crippen MR) is 105 cm³/mol. The molecule has 0 aliphatic heterocycles. The second-order valence-corrected chi connectivity index (χ2v) is 8.58. The van der Waals surface area contributed by atoms with Gasteiger partial charge in [-0.15, -0.1) is 0 Å². The fourth-order valence-corrected chi connectivity index (χ4v) is 4.93. The molecule has 0 saturated heterocycles. The Morgan fingerprint density at radius 3 is 2.65 bits per heavy atom. The fourth-order valence-electron chi connectivity index (χ4n) is 3.64. The number of hydrogen-bond acceptors (Lipinski definition) is 2. The van der Waals surface area contributed by atoms with E-state index < -0.39 is 10.0 Å². The smallest absolute Gasteiger partial charge is 0.240 e. The lowest BCUT2D eigenvalue weighted by Gasteiger charge is -2.28. The molecule has 0 radical (unpaired) electrons. The van der Waals surface area contributed by atoms with Crippen LogP contribution in [0.2, 0.25) is 0 Å². The summed E-state index contributed by atoms with van der Waals surface area (Å²) in [5, 5.41) is 1.14. The van der Waals surface area contributed by atoms with Crippen molar-refractivity contribution in [2.24, 2.45) is 0 Å². The molecule has 0 saturated carbocycles. The van der Waals surface area contributed by atoms with Crippen molar-refractivity contribution in [2.45, 2.75) is 36.6 Å². The first-order chi connectivity index (χ1) is 12.5. The second kappa shape index (κ2) is 6.74. The van der Waals surface area contributed by atoms with Crippen LogP contribution in [-0.4, -0.2) is 19.4 Å². The lowest BCUT2D eigenvalue weighted by atomic mass is 9.85. The topological polar surface area (TPSA) is 62.0 Å². The number of allylic oxidation sites excluding steroid dienone is 1. The number of fused-ring (bicyclic) bond motifs is 1. The standard InChI is InChI=1S/C21H22N2O2S/c1-15-10-12-16(13-11-15)26(24,25)23-21-9-5-3-7-18(21)19-14-22-20-8-4-2-6-17(19)20/h2-4,6-8,10-14,18,21-23H,5,9H2,1H3/t18-,21+/m1/s1. The van der Waals surface area contributed by atoms with Gasteiger partial charge in [-0.05, 0) is 43.5 Å². The number of para-hydroxylation sites is 1. The van der Waals surface area contributed by atoms with Crippen LogP contribution in [0.15, 0.2) is 71.8 Å².